The average Bonchev–Trinajstić information content (AvgIpc) is 2.83. The third-order valence-electron chi connectivity index (χ3n) is 4.76. The van der Waals surface area contributed by atoms with Gasteiger partial charge in [-0.05, 0) is 58.7 Å². The third-order valence-corrected chi connectivity index (χ3v) is 5.35. The van der Waals surface area contributed by atoms with Crippen LogP contribution >= 0.6 is 15.9 Å². The Bertz CT molecular complexity index is 1340. The molecule has 0 spiro atoms. The molecule has 3 aromatic carbocycles. The van der Waals surface area contributed by atoms with E-state index in [0.29, 0.717) is 45.3 Å². The topological polar surface area (TPSA) is 110 Å². The van der Waals surface area contributed by atoms with Gasteiger partial charge in [-0.3, -0.25) is 15.5 Å². The molecule has 0 saturated heterocycles. The molecule has 0 bridgehead atoms. The number of halogens is 4. The number of hydrogen-bond donors (Lipinski definition) is 1. The summed E-state index contributed by atoms with van der Waals surface area (Å²) in [5.74, 6) is 0.774. The van der Waals surface area contributed by atoms with Gasteiger partial charge >= 0.3 is 6.18 Å². The Morgan fingerprint density at radius 1 is 1.19 bits per heavy atom. The summed E-state index contributed by atoms with van der Waals surface area (Å²) in [6.45, 7) is 2.23. The Morgan fingerprint density at radius 3 is 2.61 bits per heavy atom. The van der Waals surface area contributed by atoms with Crippen LogP contribution in [0.3, 0.4) is 0 Å². The minimum Gasteiger partial charge on any atom is -0.490 e. The number of nitrogens with one attached hydrogen (secondary N) is 1. The van der Waals surface area contributed by atoms with Gasteiger partial charge in [0.25, 0.3) is 5.69 Å². The lowest BCUT2D eigenvalue weighted by Crippen LogP contribution is -2.06. The second-order valence-corrected chi connectivity index (χ2v) is 8.03. The van der Waals surface area contributed by atoms with Gasteiger partial charge in [0.2, 0.25) is 0 Å². The fraction of sp³-hybridized carbons (Fsp3) is 0.167. The van der Waals surface area contributed by atoms with Crippen LogP contribution in [0, 0.1) is 21.4 Å². The summed E-state index contributed by atoms with van der Waals surface area (Å²) >= 11 is 3.42. The summed E-state index contributed by atoms with van der Waals surface area (Å²) in [5.41, 5.74) is 2.00. The lowest BCUT2D eigenvalue weighted by Gasteiger charge is -2.15. The summed E-state index contributed by atoms with van der Waals surface area (Å²) in [5, 5.41) is 24.4. The lowest BCUT2D eigenvalue weighted by molar-refractivity contribution is -0.384. The van der Waals surface area contributed by atoms with Gasteiger partial charge in [0.1, 0.15) is 12.3 Å². The molecule has 8 nitrogen and oxygen atoms in total. The molecular formula is C24H18BrF3N4O4. The van der Waals surface area contributed by atoms with Gasteiger partial charge in [0.15, 0.2) is 11.5 Å². The molecule has 0 atom stereocenters. The second-order valence-electron chi connectivity index (χ2n) is 7.18. The predicted octanol–water partition coefficient (Wildman–Crippen LogP) is 6.67. The smallest absolute Gasteiger partial charge is 0.416 e. The lowest BCUT2D eigenvalue weighted by atomic mass is 10.1. The van der Waals surface area contributed by atoms with Crippen molar-refractivity contribution in [3.05, 3.63) is 91.4 Å². The van der Waals surface area contributed by atoms with Crippen LogP contribution in [0.5, 0.6) is 11.5 Å². The number of ether oxygens (including phenoxy) is 2. The molecule has 0 aliphatic carbocycles. The summed E-state index contributed by atoms with van der Waals surface area (Å²) < 4.78 is 50.7. The maximum Gasteiger partial charge on any atom is 0.416 e. The first-order valence-corrected chi connectivity index (χ1v) is 11.1. The highest BCUT2D eigenvalue weighted by atomic mass is 79.9. The molecule has 36 heavy (non-hydrogen) atoms. The molecule has 0 aliphatic rings. The zero-order valence-electron chi connectivity index (χ0n) is 18.7. The molecule has 3 rings (SSSR count). The number of anilines is 1. The standard InChI is InChI=1S/C24H18BrF3N4O4/c1-2-35-22-10-15(9-19(25)23(22)36-14-17-6-4-3-5-16(17)12-29)13-30-31-20-8-7-18(24(26,27)28)11-21(20)32(33)34/h3-11,13,31H,2,14H2,1H3/b30-13-. The van der Waals surface area contributed by atoms with Gasteiger partial charge < -0.3 is 9.47 Å². The van der Waals surface area contributed by atoms with Crippen molar-refractivity contribution in [3.63, 3.8) is 0 Å². The fourth-order valence-corrected chi connectivity index (χ4v) is 3.67. The highest BCUT2D eigenvalue weighted by Crippen LogP contribution is 2.38. The summed E-state index contributed by atoms with van der Waals surface area (Å²) in [6, 6.07) is 14.5. The van der Waals surface area contributed by atoms with Crippen molar-refractivity contribution in [1.29, 1.82) is 5.26 Å². The summed E-state index contributed by atoms with van der Waals surface area (Å²) in [7, 11) is 0. The number of nitro groups is 1. The molecule has 0 heterocycles. The van der Waals surface area contributed by atoms with Crippen molar-refractivity contribution in [1.82, 2.24) is 0 Å². The van der Waals surface area contributed by atoms with Crippen LogP contribution in [0.15, 0.2) is 64.2 Å². The molecule has 0 saturated carbocycles. The number of alkyl halides is 3. The third kappa shape index (κ3) is 6.51. The average molecular weight is 563 g/mol. The van der Waals surface area contributed by atoms with Crippen LogP contribution in [0.2, 0.25) is 0 Å². The molecule has 0 radical (unpaired) electrons. The van der Waals surface area contributed by atoms with Gasteiger partial charge in [0.05, 0.1) is 39.4 Å². The number of benzene rings is 3. The van der Waals surface area contributed by atoms with Crippen LogP contribution in [-0.2, 0) is 12.8 Å². The van der Waals surface area contributed by atoms with Crippen molar-refractivity contribution in [3.8, 4) is 17.6 Å². The van der Waals surface area contributed by atoms with Crippen molar-refractivity contribution in [2.24, 2.45) is 5.10 Å². The normalized spacial score (nSPS) is 11.2. The summed E-state index contributed by atoms with van der Waals surface area (Å²) in [4.78, 5) is 10.3. The minimum atomic E-state index is -4.71. The SMILES string of the molecule is CCOc1cc(/C=N\Nc2ccc(C(F)(F)F)cc2[N+](=O)[O-])cc(Br)c1OCc1ccccc1C#N. The summed E-state index contributed by atoms with van der Waals surface area (Å²) in [6.07, 6.45) is -3.39. The highest BCUT2D eigenvalue weighted by Gasteiger charge is 2.33. The number of nitro benzene ring substituents is 1. The number of hydrazone groups is 1. The van der Waals surface area contributed by atoms with Crippen LogP contribution in [0.4, 0.5) is 24.5 Å². The zero-order valence-corrected chi connectivity index (χ0v) is 20.3. The largest absolute Gasteiger partial charge is 0.490 e. The number of rotatable bonds is 9. The Hall–Kier alpha value is -4.11. The number of nitriles is 1. The monoisotopic (exact) mass is 562 g/mol. The number of nitrogens with zero attached hydrogens (tertiary/aromatic N) is 3. The van der Waals surface area contributed by atoms with Gasteiger partial charge in [-0.15, -0.1) is 0 Å². The van der Waals surface area contributed by atoms with E-state index in [9.17, 15) is 28.5 Å². The Labute approximate surface area is 212 Å². The molecular weight excluding hydrogens is 545 g/mol. The van der Waals surface area contributed by atoms with E-state index >= 15 is 0 Å². The van der Waals surface area contributed by atoms with Gasteiger partial charge in [0, 0.05) is 11.6 Å². The molecule has 0 amide bonds. The molecule has 0 aliphatic heterocycles. The fourth-order valence-electron chi connectivity index (χ4n) is 3.10. The van der Waals surface area contributed by atoms with E-state index in [2.05, 4.69) is 32.5 Å². The van der Waals surface area contributed by atoms with Crippen LogP contribution in [-0.4, -0.2) is 17.7 Å². The molecule has 3 aromatic rings. The highest BCUT2D eigenvalue weighted by molar-refractivity contribution is 9.10. The molecule has 1 N–H and O–H groups in total. The molecule has 0 fully saturated rings. The van der Waals surface area contributed by atoms with E-state index in [1.807, 2.05) is 0 Å². The first kappa shape index (κ1) is 26.5. The Kier molecular flexibility index (Phi) is 8.50. The van der Waals surface area contributed by atoms with Gasteiger partial charge in [-0.25, -0.2) is 0 Å². The van der Waals surface area contributed by atoms with E-state index in [0.717, 1.165) is 12.1 Å². The second kappa shape index (κ2) is 11.5. The molecule has 0 unspecified atom stereocenters. The first-order valence-electron chi connectivity index (χ1n) is 10.4. The van der Waals surface area contributed by atoms with Crippen molar-refractivity contribution >= 4 is 33.5 Å². The maximum atomic E-state index is 12.9. The molecule has 186 valence electrons. The van der Waals surface area contributed by atoms with Crippen LogP contribution < -0.4 is 14.9 Å². The van der Waals surface area contributed by atoms with Gasteiger partial charge in [-0.1, -0.05) is 18.2 Å². The molecule has 0 aromatic heterocycles. The van der Waals surface area contributed by atoms with E-state index in [4.69, 9.17) is 9.47 Å². The first-order chi connectivity index (χ1) is 17.1. The van der Waals surface area contributed by atoms with Crippen LogP contribution in [0.1, 0.15) is 29.2 Å². The maximum absolute atomic E-state index is 12.9. The van der Waals surface area contributed by atoms with Gasteiger partial charge in [-0.2, -0.15) is 23.5 Å². The van der Waals surface area contributed by atoms with E-state index in [1.165, 1.54) is 6.21 Å². The molecule has 12 heteroatoms. The number of hydrogen-bond acceptors (Lipinski definition) is 7. The van der Waals surface area contributed by atoms with Crippen molar-refractivity contribution in [2.75, 3.05) is 12.0 Å². The quantitative estimate of drug-likeness (QED) is 0.177. The van der Waals surface area contributed by atoms with Crippen molar-refractivity contribution < 1.29 is 27.6 Å². The van der Waals surface area contributed by atoms with E-state index < -0.39 is 22.4 Å². The van der Waals surface area contributed by atoms with E-state index in [-0.39, 0.29) is 12.3 Å². The van der Waals surface area contributed by atoms with Crippen molar-refractivity contribution in [2.45, 2.75) is 19.7 Å². The van der Waals surface area contributed by atoms with E-state index in [1.54, 1.807) is 43.3 Å². The van der Waals surface area contributed by atoms with Crippen LogP contribution in [0.25, 0.3) is 0 Å². The zero-order chi connectivity index (χ0) is 26.3. The minimum absolute atomic E-state index is 0.120. The predicted molar refractivity (Wildman–Crippen MR) is 130 cm³/mol. The Morgan fingerprint density at radius 2 is 1.94 bits per heavy atom. The Balaban J connectivity index is 1.82.